The summed E-state index contributed by atoms with van der Waals surface area (Å²) in [7, 11) is 1.56. The number of fused-ring (bicyclic) bond motifs is 1. The summed E-state index contributed by atoms with van der Waals surface area (Å²) in [5.74, 6) is -0.408. The molecule has 3 aromatic carbocycles. The highest BCUT2D eigenvalue weighted by Gasteiger charge is 2.50. The number of benzene rings is 3. The quantitative estimate of drug-likeness (QED) is 0.137. The summed E-state index contributed by atoms with van der Waals surface area (Å²) in [6.45, 7) is 0. The van der Waals surface area contributed by atoms with Crippen LogP contribution in [0.5, 0.6) is 11.5 Å². The van der Waals surface area contributed by atoms with Gasteiger partial charge in [0.05, 0.1) is 24.4 Å². The second kappa shape index (κ2) is 9.13. The van der Waals surface area contributed by atoms with Gasteiger partial charge in [0.15, 0.2) is 5.82 Å². The van der Waals surface area contributed by atoms with E-state index in [1.807, 2.05) is 12.1 Å². The number of hydrogen-bond donors (Lipinski definition) is 1. The Morgan fingerprint density at radius 1 is 1.06 bits per heavy atom. The fourth-order valence-corrected chi connectivity index (χ4v) is 4.53. The molecule has 1 aromatic heterocycles. The number of pyridine rings is 1. The van der Waals surface area contributed by atoms with E-state index in [0.717, 1.165) is 5.39 Å². The van der Waals surface area contributed by atoms with E-state index in [0.29, 0.717) is 16.8 Å². The van der Waals surface area contributed by atoms with E-state index in [2.05, 4.69) is 15.2 Å². The zero-order valence-electron chi connectivity index (χ0n) is 18.2. The molecule has 5 rings (SSSR count). The van der Waals surface area contributed by atoms with Crippen molar-refractivity contribution in [1.29, 1.82) is 0 Å². The number of aromatic hydroxyl groups is 1. The number of methoxy groups -OCH3 is 1. The van der Waals surface area contributed by atoms with Crippen molar-refractivity contribution >= 4 is 57.1 Å². The van der Waals surface area contributed by atoms with E-state index >= 15 is 0 Å². The first-order valence-electron chi connectivity index (χ1n) is 10.5. The van der Waals surface area contributed by atoms with Gasteiger partial charge in [0, 0.05) is 23.1 Å². The molecule has 1 fully saturated rings. The number of phenolic OH excluding ortho intramolecular Hbond substituents is 1. The van der Waals surface area contributed by atoms with Crippen molar-refractivity contribution in [3.05, 3.63) is 83.3 Å². The van der Waals surface area contributed by atoms with E-state index in [1.54, 1.807) is 31.4 Å². The summed E-state index contributed by atoms with van der Waals surface area (Å²) < 4.78 is 19.2. The topological polar surface area (TPSA) is 87.4 Å². The van der Waals surface area contributed by atoms with Crippen LogP contribution >= 0.6 is 23.2 Å². The lowest BCUT2D eigenvalue weighted by atomic mass is 9.92. The Labute approximate surface area is 209 Å². The molecule has 1 saturated heterocycles. The number of ether oxygens (including phenoxy) is 1. The van der Waals surface area contributed by atoms with Crippen molar-refractivity contribution in [3.63, 3.8) is 0 Å². The number of anilines is 1. The van der Waals surface area contributed by atoms with Crippen LogP contribution in [0.2, 0.25) is 5.15 Å². The number of β-lactam (4-membered cyclic amide) rings is 1. The van der Waals surface area contributed by atoms with Gasteiger partial charge in [0.1, 0.15) is 33.4 Å². The number of rotatable bonds is 5. The Bertz CT molecular complexity index is 1500. The molecule has 1 N–H and O–H groups in total. The Kier molecular flexibility index (Phi) is 6.00. The SMILES string of the molecule is COc1ccc2cc(C3C(Cl)C(=O)N3c3cc(O)ccc3N=Nc3ccccc3F)c(Cl)nc2c1. The first kappa shape index (κ1) is 23.0. The van der Waals surface area contributed by atoms with E-state index in [4.69, 9.17) is 27.9 Å². The van der Waals surface area contributed by atoms with Gasteiger partial charge in [0.25, 0.3) is 0 Å². The zero-order chi connectivity index (χ0) is 24.7. The van der Waals surface area contributed by atoms with Gasteiger partial charge < -0.3 is 9.84 Å². The molecule has 0 radical (unpaired) electrons. The van der Waals surface area contributed by atoms with Crippen LogP contribution in [0.1, 0.15) is 11.6 Å². The summed E-state index contributed by atoms with van der Waals surface area (Å²) in [6, 6.07) is 16.7. The van der Waals surface area contributed by atoms with Crippen LogP contribution in [0.25, 0.3) is 10.9 Å². The minimum Gasteiger partial charge on any atom is -0.508 e. The molecule has 35 heavy (non-hydrogen) atoms. The maximum absolute atomic E-state index is 14.0. The molecule has 1 amide bonds. The number of halogens is 3. The van der Waals surface area contributed by atoms with Crippen molar-refractivity contribution < 1.29 is 19.0 Å². The molecule has 2 heterocycles. The summed E-state index contributed by atoms with van der Waals surface area (Å²) in [6.07, 6.45) is 0. The third-order valence-corrected chi connectivity index (χ3v) is 6.42. The van der Waals surface area contributed by atoms with Crippen LogP contribution in [0.15, 0.2) is 77.0 Å². The smallest absolute Gasteiger partial charge is 0.248 e. The van der Waals surface area contributed by atoms with Crippen LogP contribution < -0.4 is 9.64 Å². The van der Waals surface area contributed by atoms with Crippen LogP contribution in [-0.2, 0) is 4.79 Å². The Morgan fingerprint density at radius 3 is 2.60 bits per heavy atom. The van der Waals surface area contributed by atoms with Crippen molar-refractivity contribution in [3.8, 4) is 11.5 Å². The number of amides is 1. The fourth-order valence-electron chi connectivity index (χ4n) is 3.92. The molecule has 1 aliphatic heterocycles. The standard InChI is InChI=1S/C25H17Cl2FN4O3/c1-35-15-8-6-13-10-16(24(27)29-20(13)12-15)23-22(26)25(34)32(23)21-11-14(33)7-9-19(21)31-30-18-5-3-2-4-17(18)28/h2-12,22-23,33H,1H3. The normalized spacial score (nSPS) is 17.7. The number of hydrogen-bond acceptors (Lipinski definition) is 6. The lowest BCUT2D eigenvalue weighted by Gasteiger charge is -2.44. The minimum absolute atomic E-state index is 0.0328. The highest BCUT2D eigenvalue weighted by atomic mass is 35.5. The Balaban J connectivity index is 1.57. The van der Waals surface area contributed by atoms with Gasteiger partial charge >= 0.3 is 0 Å². The molecule has 176 valence electrons. The van der Waals surface area contributed by atoms with Gasteiger partial charge in [-0.3, -0.25) is 9.69 Å². The molecule has 7 nitrogen and oxygen atoms in total. The van der Waals surface area contributed by atoms with E-state index in [-0.39, 0.29) is 28.0 Å². The molecule has 10 heteroatoms. The average Bonchev–Trinajstić information content (AvgIpc) is 2.86. The van der Waals surface area contributed by atoms with E-state index < -0.39 is 23.1 Å². The van der Waals surface area contributed by atoms with Crippen molar-refractivity contribution in [2.24, 2.45) is 10.2 Å². The number of carbonyl (C=O) groups excluding carboxylic acids is 1. The lowest BCUT2D eigenvalue weighted by molar-refractivity contribution is -0.123. The van der Waals surface area contributed by atoms with Crippen LogP contribution in [0, 0.1) is 5.82 Å². The zero-order valence-corrected chi connectivity index (χ0v) is 19.7. The summed E-state index contributed by atoms with van der Waals surface area (Å²) in [5, 5.41) is 18.3. The van der Waals surface area contributed by atoms with Gasteiger partial charge in [-0.1, -0.05) is 23.7 Å². The molecule has 4 aromatic rings. The molecular formula is C25H17Cl2FN4O3. The molecule has 2 unspecified atom stereocenters. The number of phenols is 1. The van der Waals surface area contributed by atoms with Crippen LogP contribution in [0.4, 0.5) is 21.5 Å². The molecule has 0 saturated carbocycles. The summed E-state index contributed by atoms with van der Waals surface area (Å²) in [5.41, 5.74) is 1.68. The highest BCUT2D eigenvalue weighted by Crippen LogP contribution is 2.48. The number of azo groups is 1. The lowest BCUT2D eigenvalue weighted by Crippen LogP contribution is -2.56. The molecule has 2 atom stereocenters. The molecule has 0 spiro atoms. The Hall–Kier alpha value is -3.75. The second-order valence-corrected chi connectivity index (χ2v) is 8.63. The molecule has 0 aliphatic carbocycles. The second-order valence-electron chi connectivity index (χ2n) is 7.81. The van der Waals surface area contributed by atoms with Crippen molar-refractivity contribution in [2.45, 2.75) is 11.4 Å². The number of nitrogens with zero attached hydrogens (tertiary/aromatic N) is 4. The summed E-state index contributed by atoms with van der Waals surface area (Å²) >= 11 is 13.0. The first-order chi connectivity index (χ1) is 16.9. The van der Waals surface area contributed by atoms with E-state index in [1.165, 1.54) is 35.2 Å². The van der Waals surface area contributed by atoms with Crippen LogP contribution in [0.3, 0.4) is 0 Å². The number of alkyl halides is 1. The van der Waals surface area contributed by atoms with Crippen molar-refractivity contribution in [1.82, 2.24) is 4.98 Å². The maximum atomic E-state index is 14.0. The Morgan fingerprint density at radius 2 is 1.83 bits per heavy atom. The average molecular weight is 511 g/mol. The van der Waals surface area contributed by atoms with Crippen LogP contribution in [-0.4, -0.2) is 28.5 Å². The van der Waals surface area contributed by atoms with Gasteiger partial charge in [-0.2, -0.15) is 0 Å². The highest BCUT2D eigenvalue weighted by molar-refractivity contribution is 6.38. The van der Waals surface area contributed by atoms with E-state index in [9.17, 15) is 14.3 Å². The van der Waals surface area contributed by atoms with Gasteiger partial charge in [-0.05, 0) is 42.5 Å². The fraction of sp³-hybridized carbons (Fsp3) is 0.120. The summed E-state index contributed by atoms with van der Waals surface area (Å²) in [4.78, 5) is 18.7. The predicted molar refractivity (Wildman–Crippen MR) is 132 cm³/mol. The number of carbonyl (C=O) groups is 1. The molecule has 1 aliphatic rings. The maximum Gasteiger partial charge on any atom is 0.248 e. The third-order valence-electron chi connectivity index (χ3n) is 5.69. The van der Waals surface area contributed by atoms with Gasteiger partial charge in [-0.15, -0.1) is 21.8 Å². The molecular weight excluding hydrogens is 494 g/mol. The predicted octanol–water partition coefficient (Wildman–Crippen LogP) is 6.85. The molecule has 0 bridgehead atoms. The first-order valence-corrected chi connectivity index (χ1v) is 11.3. The largest absolute Gasteiger partial charge is 0.508 e. The number of aromatic nitrogens is 1. The van der Waals surface area contributed by atoms with Gasteiger partial charge in [0.2, 0.25) is 5.91 Å². The monoisotopic (exact) mass is 510 g/mol. The third kappa shape index (κ3) is 4.15. The van der Waals surface area contributed by atoms with Gasteiger partial charge in [-0.25, -0.2) is 9.37 Å². The van der Waals surface area contributed by atoms with Crippen molar-refractivity contribution in [2.75, 3.05) is 12.0 Å². The minimum atomic E-state index is -0.913.